The van der Waals surface area contributed by atoms with E-state index in [0.717, 1.165) is 0 Å². The number of carbonyl (C=O) groups excluding carboxylic acids is 1. The molecule has 0 aliphatic carbocycles. The van der Waals surface area contributed by atoms with Gasteiger partial charge < -0.3 is 14.6 Å². The molecule has 0 aliphatic rings. The topological polar surface area (TPSA) is 69.0 Å². The van der Waals surface area contributed by atoms with E-state index in [4.69, 9.17) is 11.2 Å². The molecule has 0 bridgehead atoms. The first-order valence-corrected chi connectivity index (χ1v) is 6.41. The van der Waals surface area contributed by atoms with Crippen molar-refractivity contribution in [2.24, 2.45) is 7.05 Å². The molecular weight excluding hydrogens is 268 g/mol. The predicted molar refractivity (Wildman–Crippen MR) is 81.1 cm³/mol. The Kier molecular flexibility index (Phi) is 5.30. The molecule has 1 heterocycles. The fraction of sp³-hybridized carbons (Fsp3) is 0.400. The van der Waals surface area contributed by atoms with Crippen molar-refractivity contribution in [3.8, 4) is 12.3 Å². The van der Waals surface area contributed by atoms with Gasteiger partial charge in [0.1, 0.15) is 5.60 Å². The van der Waals surface area contributed by atoms with Gasteiger partial charge in [-0.2, -0.15) is 0 Å². The number of amides is 1. The molecule has 1 rings (SSSR count). The number of hydrogen-bond acceptors (Lipinski definition) is 4. The van der Waals surface area contributed by atoms with Gasteiger partial charge in [-0.3, -0.25) is 0 Å². The number of carbonyl (C=O) groups is 1. The molecule has 0 aromatic carbocycles. The normalized spacial score (nSPS) is 11.2. The molecular formula is C15H20N4O2. The van der Waals surface area contributed by atoms with Gasteiger partial charge >= 0.3 is 6.09 Å². The molecule has 0 fully saturated rings. The highest BCUT2D eigenvalue weighted by Gasteiger charge is 2.16. The quantitative estimate of drug-likeness (QED) is 0.680. The van der Waals surface area contributed by atoms with Crippen molar-refractivity contribution < 1.29 is 9.53 Å². The van der Waals surface area contributed by atoms with E-state index in [1.165, 1.54) is 0 Å². The molecule has 21 heavy (non-hydrogen) atoms. The van der Waals surface area contributed by atoms with Crippen molar-refractivity contribution in [1.82, 2.24) is 20.1 Å². The second kappa shape index (κ2) is 6.75. The molecule has 0 saturated carbocycles. The highest BCUT2D eigenvalue weighted by molar-refractivity contribution is 5.67. The third-order valence-corrected chi connectivity index (χ3v) is 2.41. The summed E-state index contributed by atoms with van der Waals surface area (Å²) in [5.74, 6) is 3.63. The molecule has 1 N–H and O–H groups in total. The van der Waals surface area contributed by atoms with Crippen molar-refractivity contribution in [3.05, 3.63) is 29.9 Å². The average Bonchev–Trinajstić information content (AvgIpc) is 2.72. The molecule has 1 aromatic rings. The number of nitrogens with zero attached hydrogens (tertiary/aromatic N) is 3. The minimum absolute atomic E-state index is 0.225. The van der Waals surface area contributed by atoms with Crippen LogP contribution in [0.1, 0.15) is 32.4 Å². The number of terminal acetylenes is 1. The molecule has 6 nitrogen and oxygen atoms in total. The Hall–Kier alpha value is -2.55. The van der Waals surface area contributed by atoms with Gasteiger partial charge in [-0.15, -0.1) is 16.6 Å². The van der Waals surface area contributed by atoms with Crippen molar-refractivity contribution in [2.75, 3.05) is 0 Å². The van der Waals surface area contributed by atoms with Crippen molar-refractivity contribution in [1.29, 1.82) is 0 Å². The van der Waals surface area contributed by atoms with Crippen molar-refractivity contribution in [2.45, 2.75) is 32.9 Å². The second-order valence-corrected chi connectivity index (χ2v) is 5.39. The van der Waals surface area contributed by atoms with Crippen LogP contribution in [0.3, 0.4) is 0 Å². The Labute approximate surface area is 124 Å². The van der Waals surface area contributed by atoms with Gasteiger partial charge in [0.2, 0.25) is 0 Å². The largest absolute Gasteiger partial charge is 0.444 e. The maximum Gasteiger partial charge on any atom is 0.408 e. The van der Waals surface area contributed by atoms with Gasteiger partial charge in [0, 0.05) is 12.6 Å². The van der Waals surface area contributed by atoms with Crippen LogP contribution in [-0.2, 0) is 18.3 Å². The summed E-state index contributed by atoms with van der Waals surface area (Å²) in [6, 6.07) is 0. The van der Waals surface area contributed by atoms with Gasteiger partial charge in [0.25, 0.3) is 0 Å². The first-order valence-electron chi connectivity index (χ1n) is 6.41. The van der Waals surface area contributed by atoms with Crippen LogP contribution >= 0.6 is 0 Å². The molecule has 0 atom stereocenters. The molecule has 0 radical (unpaired) electrons. The maximum absolute atomic E-state index is 11.6. The molecule has 1 aromatic heterocycles. The molecule has 6 heteroatoms. The second-order valence-electron chi connectivity index (χ2n) is 5.39. The third kappa shape index (κ3) is 5.53. The van der Waals surface area contributed by atoms with E-state index in [2.05, 4.69) is 28.0 Å². The summed E-state index contributed by atoms with van der Waals surface area (Å²) < 4.78 is 6.89. The summed E-state index contributed by atoms with van der Waals surface area (Å²) in [6.45, 7) is 9.29. The number of hydrogen-bond donors (Lipinski definition) is 1. The lowest BCUT2D eigenvalue weighted by molar-refractivity contribution is 0.0522. The summed E-state index contributed by atoms with van der Waals surface area (Å²) in [6.07, 6.45) is 8.10. The molecule has 0 aliphatic heterocycles. The standard InChI is InChI=1S/C15H20N4O2/c1-7-11(2)8-9-12-17-18-13(19(12)6)10-16-14(20)21-15(3,4)5/h1,8-9H,2,10H2,3-6H3,(H,16,20)/b9-8-. The van der Waals surface area contributed by atoms with E-state index in [9.17, 15) is 4.79 Å². The molecule has 112 valence electrons. The Morgan fingerprint density at radius 3 is 2.76 bits per heavy atom. The predicted octanol–water partition coefficient (Wildman–Crippen LogP) is 2.04. The van der Waals surface area contributed by atoms with Gasteiger partial charge in [0.15, 0.2) is 11.6 Å². The average molecular weight is 288 g/mol. The van der Waals surface area contributed by atoms with E-state index in [1.807, 2.05) is 0 Å². The van der Waals surface area contributed by atoms with E-state index in [0.29, 0.717) is 17.2 Å². The lowest BCUT2D eigenvalue weighted by Crippen LogP contribution is -2.32. The van der Waals surface area contributed by atoms with Gasteiger partial charge in [-0.25, -0.2) is 4.79 Å². The Bertz CT molecular complexity index is 600. The van der Waals surface area contributed by atoms with E-state index < -0.39 is 11.7 Å². The summed E-state index contributed by atoms with van der Waals surface area (Å²) in [4.78, 5) is 11.6. The number of nitrogens with one attached hydrogen (secondary N) is 1. The summed E-state index contributed by atoms with van der Waals surface area (Å²) in [5, 5.41) is 10.6. The SMILES string of the molecule is C#CC(=C)/C=C\c1nnc(CNC(=O)OC(C)(C)C)n1C. The van der Waals surface area contributed by atoms with Crippen LogP contribution in [0.15, 0.2) is 18.2 Å². The van der Waals surface area contributed by atoms with E-state index in [-0.39, 0.29) is 6.54 Å². The van der Waals surface area contributed by atoms with Crippen molar-refractivity contribution in [3.63, 3.8) is 0 Å². The smallest absolute Gasteiger partial charge is 0.408 e. The monoisotopic (exact) mass is 288 g/mol. The van der Waals surface area contributed by atoms with Crippen LogP contribution in [-0.4, -0.2) is 26.5 Å². The summed E-state index contributed by atoms with van der Waals surface area (Å²) in [5.41, 5.74) is 0.0133. The first-order chi connectivity index (χ1) is 9.73. The Morgan fingerprint density at radius 2 is 2.19 bits per heavy atom. The molecule has 0 saturated heterocycles. The highest BCUT2D eigenvalue weighted by atomic mass is 16.6. The van der Waals surface area contributed by atoms with Gasteiger partial charge in [-0.1, -0.05) is 12.5 Å². The highest BCUT2D eigenvalue weighted by Crippen LogP contribution is 2.07. The van der Waals surface area contributed by atoms with Crippen LogP contribution in [0, 0.1) is 12.3 Å². The van der Waals surface area contributed by atoms with E-state index >= 15 is 0 Å². The lowest BCUT2D eigenvalue weighted by Gasteiger charge is -2.19. The summed E-state index contributed by atoms with van der Waals surface area (Å²) >= 11 is 0. The lowest BCUT2D eigenvalue weighted by atomic mass is 10.2. The Balaban J connectivity index is 2.65. The minimum Gasteiger partial charge on any atom is -0.444 e. The van der Waals surface area contributed by atoms with Crippen LogP contribution in [0.2, 0.25) is 0 Å². The fourth-order valence-electron chi connectivity index (χ4n) is 1.36. The third-order valence-electron chi connectivity index (χ3n) is 2.41. The van der Waals surface area contributed by atoms with Crippen LogP contribution < -0.4 is 5.32 Å². The number of rotatable bonds is 4. The zero-order chi connectivity index (χ0) is 16.0. The maximum atomic E-state index is 11.6. The minimum atomic E-state index is -0.534. The summed E-state index contributed by atoms with van der Waals surface area (Å²) in [7, 11) is 1.80. The van der Waals surface area contributed by atoms with Crippen molar-refractivity contribution >= 4 is 12.2 Å². The van der Waals surface area contributed by atoms with E-state index in [1.54, 1.807) is 44.5 Å². The van der Waals surface area contributed by atoms with Crippen LogP contribution in [0.4, 0.5) is 4.79 Å². The van der Waals surface area contributed by atoms with Crippen LogP contribution in [0.5, 0.6) is 0 Å². The fourth-order valence-corrected chi connectivity index (χ4v) is 1.36. The first kappa shape index (κ1) is 16.5. The Morgan fingerprint density at radius 1 is 1.52 bits per heavy atom. The molecule has 0 unspecified atom stereocenters. The number of aromatic nitrogens is 3. The van der Waals surface area contributed by atoms with Gasteiger partial charge in [0.05, 0.1) is 6.54 Å². The molecule has 0 spiro atoms. The zero-order valence-electron chi connectivity index (χ0n) is 12.8. The number of ether oxygens (including phenoxy) is 1. The molecule has 1 amide bonds. The zero-order valence-corrected chi connectivity index (χ0v) is 12.8. The number of allylic oxidation sites excluding steroid dienone is 2. The van der Waals surface area contributed by atoms with Gasteiger partial charge in [-0.05, 0) is 32.9 Å². The van der Waals surface area contributed by atoms with Crippen LogP contribution in [0.25, 0.3) is 6.08 Å². The number of alkyl carbamates (subject to hydrolysis) is 1.